The van der Waals surface area contributed by atoms with Crippen LogP contribution in [0.15, 0.2) is 5.38 Å². The van der Waals surface area contributed by atoms with Crippen LogP contribution in [-0.2, 0) is 6.42 Å². The number of nitrogens with zero attached hydrogens (tertiary/aromatic N) is 1. The first-order valence-electron chi connectivity index (χ1n) is 3.93. The molecule has 1 aromatic heterocycles. The zero-order chi connectivity index (χ0) is 8.97. The van der Waals surface area contributed by atoms with Crippen LogP contribution in [0.25, 0.3) is 0 Å². The zero-order valence-electron chi connectivity index (χ0n) is 7.29. The fourth-order valence-corrected chi connectivity index (χ4v) is 1.64. The number of terminal acetylenes is 1. The van der Waals surface area contributed by atoms with E-state index in [9.17, 15) is 0 Å². The lowest BCUT2D eigenvalue weighted by molar-refractivity contribution is 1.00. The van der Waals surface area contributed by atoms with Gasteiger partial charge >= 0.3 is 0 Å². The molecule has 0 fully saturated rings. The number of aryl methyl sites for hydroxylation is 1. The number of hydrogen-bond donors (Lipinski definition) is 1. The van der Waals surface area contributed by atoms with Crippen molar-refractivity contribution in [3.05, 3.63) is 11.1 Å². The van der Waals surface area contributed by atoms with Crippen molar-refractivity contribution in [2.75, 3.05) is 5.32 Å². The number of anilines is 1. The fourth-order valence-electron chi connectivity index (χ4n) is 0.763. The first-order valence-corrected chi connectivity index (χ1v) is 4.81. The van der Waals surface area contributed by atoms with E-state index in [-0.39, 0.29) is 6.04 Å². The second-order valence-electron chi connectivity index (χ2n) is 2.53. The summed E-state index contributed by atoms with van der Waals surface area (Å²) in [5.41, 5.74) is 1.12. The summed E-state index contributed by atoms with van der Waals surface area (Å²) < 4.78 is 0. The van der Waals surface area contributed by atoms with Crippen LogP contribution < -0.4 is 5.32 Å². The Kier molecular flexibility index (Phi) is 3.12. The van der Waals surface area contributed by atoms with Gasteiger partial charge in [-0.2, -0.15) is 0 Å². The Bertz CT molecular complexity index is 285. The molecule has 0 aliphatic rings. The van der Waals surface area contributed by atoms with Crippen LogP contribution in [-0.4, -0.2) is 11.0 Å². The largest absolute Gasteiger partial charge is 0.348 e. The summed E-state index contributed by atoms with van der Waals surface area (Å²) in [6.07, 6.45) is 6.20. The Hall–Kier alpha value is -1.01. The van der Waals surface area contributed by atoms with E-state index in [1.54, 1.807) is 11.3 Å². The summed E-state index contributed by atoms with van der Waals surface area (Å²) >= 11 is 1.60. The molecule has 0 amide bonds. The van der Waals surface area contributed by atoms with Gasteiger partial charge in [0.1, 0.15) is 0 Å². The van der Waals surface area contributed by atoms with E-state index in [0.717, 1.165) is 17.2 Å². The number of thiazole rings is 1. The van der Waals surface area contributed by atoms with Gasteiger partial charge in [-0.15, -0.1) is 17.8 Å². The van der Waals surface area contributed by atoms with Crippen molar-refractivity contribution in [1.82, 2.24) is 4.98 Å². The summed E-state index contributed by atoms with van der Waals surface area (Å²) in [5, 5.41) is 6.08. The van der Waals surface area contributed by atoms with Crippen molar-refractivity contribution < 1.29 is 0 Å². The molecule has 0 saturated heterocycles. The van der Waals surface area contributed by atoms with Gasteiger partial charge in [0.15, 0.2) is 5.13 Å². The van der Waals surface area contributed by atoms with Gasteiger partial charge in [0, 0.05) is 5.38 Å². The Labute approximate surface area is 77.0 Å². The quantitative estimate of drug-likeness (QED) is 0.721. The third kappa shape index (κ3) is 2.24. The minimum Gasteiger partial charge on any atom is -0.348 e. The van der Waals surface area contributed by atoms with E-state index in [1.807, 2.05) is 12.3 Å². The van der Waals surface area contributed by atoms with Gasteiger partial charge in [-0.1, -0.05) is 12.8 Å². The Morgan fingerprint density at radius 1 is 1.83 bits per heavy atom. The van der Waals surface area contributed by atoms with Gasteiger partial charge in [0.25, 0.3) is 0 Å². The van der Waals surface area contributed by atoms with E-state index in [1.165, 1.54) is 0 Å². The lowest BCUT2D eigenvalue weighted by atomic mass is 10.4. The van der Waals surface area contributed by atoms with Gasteiger partial charge in [-0.25, -0.2) is 4.98 Å². The second kappa shape index (κ2) is 4.13. The Morgan fingerprint density at radius 3 is 3.08 bits per heavy atom. The van der Waals surface area contributed by atoms with Crippen LogP contribution in [0.2, 0.25) is 0 Å². The van der Waals surface area contributed by atoms with E-state index in [2.05, 4.69) is 23.1 Å². The van der Waals surface area contributed by atoms with Crippen LogP contribution in [0, 0.1) is 12.3 Å². The fraction of sp³-hybridized carbons (Fsp3) is 0.444. The maximum Gasteiger partial charge on any atom is 0.183 e. The number of aromatic nitrogens is 1. The molecule has 64 valence electrons. The molecule has 0 aliphatic carbocycles. The molecule has 3 heteroatoms. The lowest BCUT2D eigenvalue weighted by Crippen LogP contribution is -2.11. The molecule has 1 heterocycles. The zero-order valence-corrected chi connectivity index (χ0v) is 8.11. The smallest absolute Gasteiger partial charge is 0.183 e. The number of hydrogen-bond acceptors (Lipinski definition) is 3. The van der Waals surface area contributed by atoms with Crippen molar-refractivity contribution in [3.8, 4) is 12.3 Å². The van der Waals surface area contributed by atoms with Crippen LogP contribution in [0.1, 0.15) is 19.5 Å². The van der Waals surface area contributed by atoms with Gasteiger partial charge in [0.05, 0.1) is 11.7 Å². The molecule has 0 aliphatic heterocycles. The average Bonchev–Trinajstić information content (AvgIpc) is 2.52. The van der Waals surface area contributed by atoms with Crippen LogP contribution in [0.4, 0.5) is 5.13 Å². The molecule has 0 bridgehead atoms. The highest BCUT2D eigenvalue weighted by Crippen LogP contribution is 2.16. The predicted octanol–water partition coefficient (Wildman–Crippen LogP) is 2.14. The molecule has 12 heavy (non-hydrogen) atoms. The molecule has 1 N–H and O–H groups in total. The highest BCUT2D eigenvalue weighted by atomic mass is 32.1. The van der Waals surface area contributed by atoms with Crippen molar-refractivity contribution in [1.29, 1.82) is 0 Å². The van der Waals surface area contributed by atoms with Crippen LogP contribution in [0.3, 0.4) is 0 Å². The lowest BCUT2D eigenvalue weighted by Gasteiger charge is -2.03. The third-order valence-electron chi connectivity index (χ3n) is 1.50. The van der Waals surface area contributed by atoms with Crippen molar-refractivity contribution in [3.63, 3.8) is 0 Å². The monoisotopic (exact) mass is 180 g/mol. The molecule has 1 rings (SSSR count). The van der Waals surface area contributed by atoms with Gasteiger partial charge < -0.3 is 5.32 Å². The molecular weight excluding hydrogens is 168 g/mol. The topological polar surface area (TPSA) is 24.9 Å². The van der Waals surface area contributed by atoms with E-state index >= 15 is 0 Å². The van der Waals surface area contributed by atoms with Crippen molar-refractivity contribution in [2.24, 2.45) is 0 Å². The first kappa shape index (κ1) is 9.08. The van der Waals surface area contributed by atoms with Gasteiger partial charge in [-0.3, -0.25) is 0 Å². The van der Waals surface area contributed by atoms with Gasteiger partial charge in [0.2, 0.25) is 0 Å². The summed E-state index contributed by atoms with van der Waals surface area (Å²) in [4.78, 5) is 4.33. The minimum atomic E-state index is 0.0563. The summed E-state index contributed by atoms with van der Waals surface area (Å²) in [5.74, 6) is 2.60. The standard InChI is InChI=1S/C9H12N2S/c1-4-7(3)10-9-11-8(5-2)6-12-9/h1,6-7H,5H2,2-3H3,(H,10,11). The molecule has 1 atom stereocenters. The molecule has 1 unspecified atom stereocenters. The van der Waals surface area contributed by atoms with E-state index in [0.29, 0.717) is 0 Å². The predicted molar refractivity (Wildman–Crippen MR) is 53.4 cm³/mol. The molecular formula is C9H12N2S. The summed E-state index contributed by atoms with van der Waals surface area (Å²) in [6.45, 7) is 4.02. The summed E-state index contributed by atoms with van der Waals surface area (Å²) in [6, 6.07) is 0.0563. The number of rotatable bonds is 3. The highest BCUT2D eigenvalue weighted by molar-refractivity contribution is 7.13. The molecule has 0 saturated carbocycles. The molecule has 0 aromatic carbocycles. The molecule has 0 spiro atoms. The summed E-state index contributed by atoms with van der Waals surface area (Å²) in [7, 11) is 0. The highest BCUT2D eigenvalue weighted by Gasteiger charge is 2.01. The normalized spacial score (nSPS) is 12.1. The Morgan fingerprint density at radius 2 is 2.58 bits per heavy atom. The van der Waals surface area contributed by atoms with Crippen LogP contribution in [0.5, 0.6) is 0 Å². The average molecular weight is 180 g/mol. The molecule has 0 radical (unpaired) electrons. The molecule has 1 aromatic rings. The maximum atomic E-state index is 5.22. The Balaban J connectivity index is 2.59. The SMILES string of the molecule is C#CC(C)Nc1nc(CC)cs1. The van der Waals surface area contributed by atoms with E-state index < -0.39 is 0 Å². The second-order valence-corrected chi connectivity index (χ2v) is 3.39. The van der Waals surface area contributed by atoms with Crippen LogP contribution >= 0.6 is 11.3 Å². The third-order valence-corrected chi connectivity index (χ3v) is 2.33. The van der Waals surface area contributed by atoms with Crippen molar-refractivity contribution >= 4 is 16.5 Å². The number of nitrogens with one attached hydrogen (secondary N) is 1. The maximum absolute atomic E-state index is 5.22. The minimum absolute atomic E-state index is 0.0563. The van der Waals surface area contributed by atoms with E-state index in [4.69, 9.17) is 6.42 Å². The molecule has 2 nitrogen and oxygen atoms in total. The van der Waals surface area contributed by atoms with Crippen molar-refractivity contribution in [2.45, 2.75) is 26.3 Å². The van der Waals surface area contributed by atoms with Gasteiger partial charge in [-0.05, 0) is 13.3 Å². The first-order chi connectivity index (χ1) is 5.76.